The fourth-order valence-corrected chi connectivity index (χ4v) is 1.69. The van der Waals surface area contributed by atoms with E-state index in [1.54, 1.807) is 23.3 Å². The maximum atomic E-state index is 9.01. The molecule has 19 heavy (non-hydrogen) atoms. The van der Waals surface area contributed by atoms with Crippen LogP contribution >= 0.6 is 11.6 Å². The predicted molar refractivity (Wildman–Crippen MR) is 71.4 cm³/mol. The molecule has 102 valence electrons. The molecule has 0 unspecified atom stereocenters. The molecule has 7 nitrogen and oxygen atoms in total. The zero-order valence-corrected chi connectivity index (χ0v) is 11.5. The van der Waals surface area contributed by atoms with Gasteiger partial charge in [-0.2, -0.15) is 15.0 Å². The summed E-state index contributed by atoms with van der Waals surface area (Å²) in [6, 6.07) is 0. The topological polar surface area (TPSA) is 88.8 Å². The second-order valence-corrected chi connectivity index (χ2v) is 5.02. The molecule has 2 N–H and O–H groups in total. The molecule has 0 atom stereocenters. The Labute approximate surface area is 115 Å². The van der Waals surface area contributed by atoms with Crippen molar-refractivity contribution in [3.63, 3.8) is 0 Å². The van der Waals surface area contributed by atoms with Crippen LogP contribution in [-0.4, -0.2) is 41.8 Å². The van der Waals surface area contributed by atoms with Crippen molar-refractivity contribution in [1.82, 2.24) is 24.5 Å². The second-order valence-electron chi connectivity index (χ2n) is 4.68. The lowest BCUT2D eigenvalue weighted by Gasteiger charge is -2.25. The third kappa shape index (κ3) is 3.62. The zero-order valence-electron chi connectivity index (χ0n) is 10.7. The Balaban J connectivity index is 2.27. The first-order valence-electron chi connectivity index (χ1n) is 5.79. The lowest BCUT2D eigenvalue weighted by molar-refractivity contribution is 0.260. The van der Waals surface area contributed by atoms with E-state index in [4.69, 9.17) is 16.7 Å². The summed E-state index contributed by atoms with van der Waals surface area (Å²) in [5.74, 6) is 0.752. The van der Waals surface area contributed by atoms with Crippen LogP contribution in [0.5, 0.6) is 0 Å². The summed E-state index contributed by atoms with van der Waals surface area (Å²) in [5.41, 5.74) is -0.342. The molecule has 0 aliphatic rings. The Bertz CT molecular complexity index is 542. The number of hydrogen-bond donors (Lipinski definition) is 2. The molecule has 0 saturated carbocycles. The molecule has 0 spiro atoms. The van der Waals surface area contributed by atoms with Gasteiger partial charge in [-0.25, -0.2) is 4.98 Å². The fourth-order valence-electron chi connectivity index (χ4n) is 1.53. The molecule has 0 radical (unpaired) electrons. The lowest BCUT2D eigenvalue weighted by atomic mass is 10.0. The molecule has 8 heteroatoms. The Kier molecular flexibility index (Phi) is 3.96. The molecular formula is C11H15ClN6O. The maximum absolute atomic E-state index is 9.01. The van der Waals surface area contributed by atoms with E-state index in [9.17, 15) is 0 Å². The Hall–Kier alpha value is -1.73. The van der Waals surface area contributed by atoms with Gasteiger partial charge in [0.2, 0.25) is 17.2 Å². The molecule has 2 heterocycles. The van der Waals surface area contributed by atoms with Gasteiger partial charge in [0.25, 0.3) is 0 Å². The molecule has 0 aliphatic heterocycles. The third-order valence-electron chi connectivity index (χ3n) is 2.52. The molecular weight excluding hydrogens is 268 g/mol. The highest BCUT2D eigenvalue weighted by molar-refractivity contribution is 6.28. The first kappa shape index (κ1) is 13.7. The van der Waals surface area contributed by atoms with E-state index in [0.717, 1.165) is 0 Å². The molecule has 0 amide bonds. The highest BCUT2D eigenvalue weighted by Gasteiger charge is 2.19. The maximum Gasteiger partial charge on any atom is 0.241 e. The number of imidazole rings is 1. The van der Waals surface area contributed by atoms with Gasteiger partial charge in [0.1, 0.15) is 6.33 Å². The minimum atomic E-state index is -0.342. The fraction of sp³-hybridized carbons (Fsp3) is 0.455. The standard InChI is InChI=1S/C11H15ClN6O/c1-11(2,3-6-19)17-9-14-8(12)15-10(16-9)18-5-4-13-7-18/h4-5,7,19H,3,6H2,1-2H3,(H,14,15,16,17). The number of halogens is 1. The molecule has 0 aliphatic carbocycles. The number of aliphatic hydroxyl groups excluding tert-OH is 1. The highest BCUT2D eigenvalue weighted by Crippen LogP contribution is 2.16. The average molecular weight is 283 g/mol. The van der Waals surface area contributed by atoms with Crippen LogP contribution in [0.1, 0.15) is 20.3 Å². The van der Waals surface area contributed by atoms with Crippen molar-refractivity contribution < 1.29 is 5.11 Å². The molecule has 0 aromatic carbocycles. The van der Waals surface area contributed by atoms with Gasteiger partial charge >= 0.3 is 0 Å². The van der Waals surface area contributed by atoms with Crippen LogP contribution in [0.2, 0.25) is 5.28 Å². The monoisotopic (exact) mass is 282 g/mol. The van der Waals surface area contributed by atoms with Crippen LogP contribution in [0.4, 0.5) is 5.95 Å². The smallest absolute Gasteiger partial charge is 0.241 e. The Morgan fingerprint density at radius 3 is 2.79 bits per heavy atom. The van der Waals surface area contributed by atoms with Crippen LogP contribution in [0.15, 0.2) is 18.7 Å². The largest absolute Gasteiger partial charge is 0.396 e. The second kappa shape index (κ2) is 5.50. The Morgan fingerprint density at radius 1 is 1.37 bits per heavy atom. The zero-order chi connectivity index (χ0) is 13.9. The summed E-state index contributed by atoms with van der Waals surface area (Å²) in [5, 5.41) is 12.2. The number of aromatic nitrogens is 5. The minimum absolute atomic E-state index is 0.0766. The molecule has 2 rings (SSSR count). The quantitative estimate of drug-likeness (QED) is 0.859. The van der Waals surface area contributed by atoms with Crippen molar-refractivity contribution in [2.75, 3.05) is 11.9 Å². The normalized spacial score (nSPS) is 11.6. The molecule has 0 fully saturated rings. The van der Waals surface area contributed by atoms with Crippen LogP contribution in [0.25, 0.3) is 5.95 Å². The SMILES string of the molecule is CC(C)(CCO)Nc1nc(Cl)nc(-n2ccnc2)n1. The summed E-state index contributed by atoms with van der Waals surface area (Å²) in [6.07, 6.45) is 5.49. The minimum Gasteiger partial charge on any atom is -0.396 e. The summed E-state index contributed by atoms with van der Waals surface area (Å²) < 4.78 is 1.64. The van der Waals surface area contributed by atoms with E-state index >= 15 is 0 Å². The van der Waals surface area contributed by atoms with Gasteiger partial charge in [0.15, 0.2) is 0 Å². The van der Waals surface area contributed by atoms with Crippen molar-refractivity contribution >= 4 is 17.5 Å². The van der Waals surface area contributed by atoms with Crippen LogP contribution < -0.4 is 5.32 Å². The first-order chi connectivity index (χ1) is 9.00. The van der Waals surface area contributed by atoms with Crippen molar-refractivity contribution in [3.05, 3.63) is 24.0 Å². The van der Waals surface area contributed by atoms with Crippen molar-refractivity contribution in [2.45, 2.75) is 25.8 Å². The van der Waals surface area contributed by atoms with Gasteiger partial charge in [0, 0.05) is 24.5 Å². The molecule has 2 aromatic rings. The van der Waals surface area contributed by atoms with Gasteiger partial charge in [-0.1, -0.05) is 0 Å². The highest BCUT2D eigenvalue weighted by atomic mass is 35.5. The number of rotatable bonds is 5. The van der Waals surface area contributed by atoms with Crippen LogP contribution in [0.3, 0.4) is 0 Å². The van der Waals surface area contributed by atoms with Gasteiger partial charge in [0.05, 0.1) is 0 Å². The van der Waals surface area contributed by atoms with Gasteiger partial charge in [-0.05, 0) is 31.9 Å². The van der Waals surface area contributed by atoms with Gasteiger partial charge in [-0.15, -0.1) is 0 Å². The average Bonchev–Trinajstić information content (AvgIpc) is 2.80. The number of nitrogens with zero attached hydrogens (tertiary/aromatic N) is 5. The van der Waals surface area contributed by atoms with Gasteiger partial charge < -0.3 is 10.4 Å². The summed E-state index contributed by atoms with van der Waals surface area (Å²) >= 11 is 5.89. The van der Waals surface area contributed by atoms with Crippen LogP contribution in [-0.2, 0) is 0 Å². The third-order valence-corrected chi connectivity index (χ3v) is 2.69. The Morgan fingerprint density at radius 2 is 2.16 bits per heavy atom. The number of nitrogens with one attached hydrogen (secondary N) is 1. The predicted octanol–water partition coefficient (Wildman–Crippen LogP) is 1.28. The number of hydrogen-bond acceptors (Lipinski definition) is 6. The molecule has 2 aromatic heterocycles. The molecule has 0 bridgehead atoms. The van der Waals surface area contributed by atoms with E-state index in [1.807, 2.05) is 13.8 Å². The van der Waals surface area contributed by atoms with Crippen molar-refractivity contribution in [3.8, 4) is 5.95 Å². The first-order valence-corrected chi connectivity index (χ1v) is 6.17. The summed E-state index contributed by atoms with van der Waals surface area (Å²) in [4.78, 5) is 16.3. The summed E-state index contributed by atoms with van der Waals surface area (Å²) in [6.45, 7) is 3.96. The number of aliphatic hydroxyl groups is 1. The van der Waals surface area contributed by atoms with Crippen molar-refractivity contribution in [2.24, 2.45) is 0 Å². The van der Waals surface area contributed by atoms with E-state index in [-0.39, 0.29) is 17.4 Å². The lowest BCUT2D eigenvalue weighted by Crippen LogP contribution is -2.33. The van der Waals surface area contributed by atoms with E-state index in [2.05, 4.69) is 25.3 Å². The van der Waals surface area contributed by atoms with Crippen LogP contribution in [0, 0.1) is 0 Å². The van der Waals surface area contributed by atoms with E-state index in [1.165, 1.54) is 0 Å². The van der Waals surface area contributed by atoms with Crippen molar-refractivity contribution in [1.29, 1.82) is 0 Å². The van der Waals surface area contributed by atoms with Gasteiger partial charge in [-0.3, -0.25) is 4.57 Å². The van der Waals surface area contributed by atoms with E-state index in [0.29, 0.717) is 18.3 Å². The summed E-state index contributed by atoms with van der Waals surface area (Å²) in [7, 11) is 0. The molecule has 0 saturated heterocycles. The number of anilines is 1. The van der Waals surface area contributed by atoms with E-state index < -0.39 is 0 Å².